The molecule has 0 radical (unpaired) electrons. The van der Waals surface area contributed by atoms with Crippen LogP contribution in [-0.2, 0) is 4.79 Å². The van der Waals surface area contributed by atoms with Gasteiger partial charge in [0.25, 0.3) is 0 Å². The Morgan fingerprint density at radius 1 is 1.00 bits per heavy atom. The van der Waals surface area contributed by atoms with Crippen molar-refractivity contribution in [3.05, 3.63) is 23.8 Å². The smallest absolute Gasteiger partial charge is 0.155 e. The molecule has 0 unspecified atom stereocenters. The second-order valence-electron chi connectivity index (χ2n) is 12.3. The third kappa shape index (κ3) is 3.57. The van der Waals surface area contributed by atoms with Crippen LogP contribution in [0.5, 0.6) is 0 Å². The maximum atomic E-state index is 12.1. The zero-order chi connectivity index (χ0) is 21.7. The first-order valence-electron chi connectivity index (χ1n) is 13.1. The average Bonchev–Trinajstić information content (AvgIpc) is 3.06. The number of fused-ring (bicyclic) bond motifs is 5. The van der Waals surface area contributed by atoms with Crippen molar-refractivity contribution in [1.29, 1.82) is 0 Å². The molecule has 0 aromatic rings. The molecule has 0 aliphatic heterocycles. The zero-order valence-corrected chi connectivity index (χ0v) is 20.5. The predicted octanol–water partition coefficient (Wildman–Crippen LogP) is 8.01. The van der Waals surface area contributed by atoms with Gasteiger partial charge in [-0.15, -0.1) is 0 Å². The van der Waals surface area contributed by atoms with E-state index in [2.05, 4.69) is 59.8 Å². The van der Waals surface area contributed by atoms with Gasteiger partial charge in [0.1, 0.15) is 0 Å². The van der Waals surface area contributed by atoms with E-state index in [1.165, 1.54) is 50.5 Å². The highest BCUT2D eigenvalue weighted by Crippen LogP contribution is 2.67. The molecule has 4 aliphatic rings. The first kappa shape index (κ1) is 22.3. The fraction of sp³-hybridized carbons (Fsp3) is 0.828. The Hall–Kier alpha value is -0.850. The highest BCUT2D eigenvalue weighted by Gasteiger charge is 2.59. The fourth-order valence-corrected chi connectivity index (χ4v) is 8.75. The molecule has 0 N–H and O–H groups in total. The lowest BCUT2D eigenvalue weighted by molar-refractivity contribution is -0.117. The van der Waals surface area contributed by atoms with E-state index in [0.717, 1.165) is 48.3 Å². The second-order valence-corrected chi connectivity index (χ2v) is 12.3. The van der Waals surface area contributed by atoms with Crippen molar-refractivity contribution in [2.24, 2.45) is 52.3 Å². The van der Waals surface area contributed by atoms with Crippen molar-refractivity contribution in [2.45, 2.75) is 99.3 Å². The third-order valence-electron chi connectivity index (χ3n) is 10.7. The molecule has 30 heavy (non-hydrogen) atoms. The van der Waals surface area contributed by atoms with E-state index in [1.807, 2.05) is 0 Å². The number of rotatable bonds is 5. The number of carbonyl (C=O) groups is 1. The number of hydrogen-bond donors (Lipinski definition) is 0. The van der Waals surface area contributed by atoms with Crippen LogP contribution in [0.1, 0.15) is 99.3 Å². The van der Waals surface area contributed by atoms with Gasteiger partial charge in [0.05, 0.1) is 0 Å². The number of allylic oxidation sites excluding steroid dienone is 3. The summed E-state index contributed by atoms with van der Waals surface area (Å²) in [6.07, 6.45) is 18.5. The molecule has 1 nitrogen and oxygen atoms in total. The molecule has 0 amide bonds. The predicted molar refractivity (Wildman–Crippen MR) is 127 cm³/mol. The summed E-state index contributed by atoms with van der Waals surface area (Å²) < 4.78 is 0. The van der Waals surface area contributed by atoms with Gasteiger partial charge in [-0.3, -0.25) is 4.79 Å². The Balaban J connectivity index is 1.52. The van der Waals surface area contributed by atoms with Crippen LogP contribution in [0, 0.1) is 52.3 Å². The molecule has 0 spiro atoms. The lowest BCUT2D eigenvalue weighted by atomic mass is 9.46. The largest absolute Gasteiger partial charge is 0.295 e. The van der Waals surface area contributed by atoms with E-state index in [0.29, 0.717) is 22.5 Å². The maximum absolute atomic E-state index is 12.1. The van der Waals surface area contributed by atoms with Gasteiger partial charge in [-0.05, 0) is 110 Å². The van der Waals surface area contributed by atoms with E-state index in [9.17, 15) is 4.79 Å². The maximum Gasteiger partial charge on any atom is 0.155 e. The van der Waals surface area contributed by atoms with Crippen molar-refractivity contribution in [3.63, 3.8) is 0 Å². The Bertz CT molecular complexity index is 714. The molecule has 0 bridgehead atoms. The van der Waals surface area contributed by atoms with E-state index < -0.39 is 0 Å². The quantitative estimate of drug-likeness (QED) is 0.419. The van der Waals surface area contributed by atoms with E-state index in [1.54, 1.807) is 0 Å². The molecular formula is C29H46O. The van der Waals surface area contributed by atoms with Crippen molar-refractivity contribution >= 4 is 5.78 Å². The first-order chi connectivity index (χ1) is 14.2. The third-order valence-corrected chi connectivity index (χ3v) is 10.7. The topological polar surface area (TPSA) is 17.1 Å². The minimum absolute atomic E-state index is 0.313. The fourth-order valence-electron chi connectivity index (χ4n) is 8.75. The molecule has 0 heterocycles. The van der Waals surface area contributed by atoms with Crippen LogP contribution < -0.4 is 0 Å². The number of ketones is 1. The van der Waals surface area contributed by atoms with Gasteiger partial charge >= 0.3 is 0 Å². The molecule has 3 saturated carbocycles. The molecule has 0 saturated heterocycles. The second kappa shape index (κ2) is 8.25. The Morgan fingerprint density at radius 3 is 2.47 bits per heavy atom. The van der Waals surface area contributed by atoms with Crippen LogP contribution in [0.25, 0.3) is 0 Å². The molecule has 0 aromatic heterocycles. The van der Waals surface area contributed by atoms with Gasteiger partial charge < -0.3 is 0 Å². The minimum Gasteiger partial charge on any atom is -0.295 e. The highest BCUT2D eigenvalue weighted by atomic mass is 16.1. The minimum atomic E-state index is 0.313. The van der Waals surface area contributed by atoms with Crippen LogP contribution in [-0.4, -0.2) is 5.78 Å². The first-order valence-corrected chi connectivity index (χ1v) is 13.1. The van der Waals surface area contributed by atoms with Crippen LogP contribution in [0.15, 0.2) is 23.8 Å². The summed E-state index contributed by atoms with van der Waals surface area (Å²) in [5.74, 6) is 6.01. The van der Waals surface area contributed by atoms with E-state index in [4.69, 9.17) is 0 Å². The van der Waals surface area contributed by atoms with Crippen LogP contribution in [0.4, 0.5) is 0 Å². The van der Waals surface area contributed by atoms with Crippen molar-refractivity contribution in [1.82, 2.24) is 0 Å². The summed E-state index contributed by atoms with van der Waals surface area (Å²) in [5, 5.41) is 0. The molecule has 4 aliphatic carbocycles. The summed E-state index contributed by atoms with van der Waals surface area (Å²) in [6, 6.07) is 0. The molecule has 3 fully saturated rings. The standard InChI is InChI=1S/C29H46O/c1-7-21(19(2)3)9-8-20(4)25-12-13-26-24-11-10-22-18-23(30)14-16-28(22,5)27(24)15-17-29(25,26)6/h8-9,18-21,24-27H,7,10-17H2,1-6H3/b9-8+/t20-,21-,24+,25-,26+,27+,28+,29-/m0/s1. The summed E-state index contributed by atoms with van der Waals surface area (Å²) in [6.45, 7) is 14.7. The SMILES string of the molecule is CC[C@@H](/C=C/[C@H](C)[C@@H]1CC[C@@H]2[C@H]3CCC4=CC(=O)CC[C@@]4(C)[C@@H]3CC[C@]21C)C(C)C. The van der Waals surface area contributed by atoms with Crippen molar-refractivity contribution < 1.29 is 4.79 Å². The van der Waals surface area contributed by atoms with Gasteiger partial charge in [0.2, 0.25) is 0 Å². The lowest BCUT2D eigenvalue weighted by Gasteiger charge is -2.58. The Kier molecular flexibility index (Phi) is 6.15. The Morgan fingerprint density at radius 2 is 1.77 bits per heavy atom. The number of carbonyl (C=O) groups excluding carboxylic acids is 1. The van der Waals surface area contributed by atoms with E-state index >= 15 is 0 Å². The van der Waals surface area contributed by atoms with Crippen LogP contribution in [0.2, 0.25) is 0 Å². The van der Waals surface area contributed by atoms with Crippen molar-refractivity contribution in [3.8, 4) is 0 Å². The number of hydrogen-bond acceptors (Lipinski definition) is 1. The summed E-state index contributed by atoms with van der Waals surface area (Å²) in [5.41, 5.74) is 2.34. The summed E-state index contributed by atoms with van der Waals surface area (Å²) in [7, 11) is 0. The molecule has 0 aromatic carbocycles. The van der Waals surface area contributed by atoms with Gasteiger partial charge in [0, 0.05) is 6.42 Å². The molecular weight excluding hydrogens is 364 g/mol. The molecule has 4 rings (SSSR count). The average molecular weight is 411 g/mol. The lowest BCUT2D eigenvalue weighted by Crippen LogP contribution is -2.50. The van der Waals surface area contributed by atoms with Crippen molar-refractivity contribution in [2.75, 3.05) is 0 Å². The van der Waals surface area contributed by atoms with Gasteiger partial charge in [-0.1, -0.05) is 59.3 Å². The normalized spacial score (nSPS) is 43.2. The molecule has 168 valence electrons. The highest BCUT2D eigenvalue weighted by molar-refractivity contribution is 5.91. The Labute approximate surface area is 186 Å². The monoisotopic (exact) mass is 410 g/mol. The van der Waals surface area contributed by atoms with Gasteiger partial charge in [0.15, 0.2) is 5.78 Å². The van der Waals surface area contributed by atoms with Gasteiger partial charge in [-0.2, -0.15) is 0 Å². The van der Waals surface area contributed by atoms with Gasteiger partial charge in [-0.25, -0.2) is 0 Å². The molecule has 1 heteroatoms. The summed E-state index contributed by atoms with van der Waals surface area (Å²) >= 11 is 0. The van der Waals surface area contributed by atoms with E-state index in [-0.39, 0.29) is 0 Å². The summed E-state index contributed by atoms with van der Waals surface area (Å²) in [4.78, 5) is 12.1. The van der Waals surface area contributed by atoms with Crippen LogP contribution in [0.3, 0.4) is 0 Å². The molecule has 8 atom stereocenters. The van der Waals surface area contributed by atoms with Crippen LogP contribution >= 0.6 is 0 Å². The zero-order valence-electron chi connectivity index (χ0n) is 20.5.